The summed E-state index contributed by atoms with van der Waals surface area (Å²) in [5.74, 6) is -1.09. The fraction of sp³-hybridized carbons (Fsp3) is 0.208. The van der Waals surface area contributed by atoms with Crippen LogP contribution in [0, 0.1) is 12.8 Å². The third-order valence-corrected chi connectivity index (χ3v) is 6.45. The molecule has 146 valence electrons. The largest absolute Gasteiger partial charge is 0.426 e. The van der Waals surface area contributed by atoms with Crippen molar-refractivity contribution < 1.29 is 19.7 Å². The summed E-state index contributed by atoms with van der Waals surface area (Å²) >= 11 is 6.19. The van der Waals surface area contributed by atoms with Gasteiger partial charge in [0.05, 0.1) is 5.92 Å². The number of ether oxygens (including phenoxy) is 1. The molecule has 0 amide bonds. The van der Waals surface area contributed by atoms with E-state index in [-0.39, 0.29) is 6.42 Å². The van der Waals surface area contributed by atoms with Crippen molar-refractivity contribution in [1.29, 1.82) is 0 Å². The molecule has 0 radical (unpaired) electrons. The van der Waals surface area contributed by atoms with Crippen LogP contribution in [-0.4, -0.2) is 16.2 Å². The van der Waals surface area contributed by atoms with E-state index in [1.54, 1.807) is 48.5 Å². The summed E-state index contributed by atoms with van der Waals surface area (Å²) in [4.78, 5) is 13.2. The molecule has 0 fully saturated rings. The van der Waals surface area contributed by atoms with Crippen LogP contribution in [0.1, 0.15) is 34.2 Å². The summed E-state index contributed by atoms with van der Waals surface area (Å²) in [5, 5.41) is 24.1. The minimum Gasteiger partial charge on any atom is -0.426 e. The number of halogens is 1. The van der Waals surface area contributed by atoms with Crippen LogP contribution < -0.4 is 4.74 Å². The first-order chi connectivity index (χ1) is 13.9. The number of carbonyl (C=O) groups excluding carboxylic acids is 1. The van der Waals surface area contributed by atoms with Crippen molar-refractivity contribution in [1.82, 2.24) is 0 Å². The number of hydrogen-bond donors (Lipinski definition) is 2. The number of carbonyl (C=O) groups is 1. The maximum atomic E-state index is 13.2. The predicted molar refractivity (Wildman–Crippen MR) is 109 cm³/mol. The van der Waals surface area contributed by atoms with Gasteiger partial charge < -0.3 is 14.9 Å². The first-order valence-electron chi connectivity index (χ1n) is 9.48. The van der Waals surface area contributed by atoms with Crippen LogP contribution in [0.4, 0.5) is 0 Å². The van der Waals surface area contributed by atoms with Crippen LogP contribution in [0.3, 0.4) is 0 Å². The van der Waals surface area contributed by atoms with Gasteiger partial charge in [-0.2, -0.15) is 0 Å². The smallest absolute Gasteiger partial charge is 0.318 e. The molecule has 6 rings (SSSR count). The van der Waals surface area contributed by atoms with E-state index in [0.717, 1.165) is 5.56 Å². The number of fused-ring (bicyclic) bond motifs is 1. The quantitative estimate of drug-likeness (QED) is 0.497. The van der Waals surface area contributed by atoms with E-state index in [9.17, 15) is 15.0 Å². The van der Waals surface area contributed by atoms with E-state index in [2.05, 4.69) is 0 Å². The molecule has 29 heavy (non-hydrogen) atoms. The Hall–Kier alpha value is -2.66. The van der Waals surface area contributed by atoms with Gasteiger partial charge in [-0.05, 0) is 52.9 Å². The maximum Gasteiger partial charge on any atom is 0.318 e. The zero-order chi connectivity index (χ0) is 20.4. The first-order valence-corrected chi connectivity index (χ1v) is 9.86. The fourth-order valence-electron chi connectivity index (χ4n) is 4.80. The first kappa shape index (κ1) is 18.4. The van der Waals surface area contributed by atoms with Gasteiger partial charge in [0.1, 0.15) is 17.0 Å². The van der Waals surface area contributed by atoms with E-state index in [4.69, 9.17) is 16.3 Å². The van der Waals surface area contributed by atoms with Crippen molar-refractivity contribution in [2.45, 2.75) is 24.5 Å². The van der Waals surface area contributed by atoms with E-state index >= 15 is 0 Å². The molecule has 0 saturated heterocycles. The lowest BCUT2D eigenvalue weighted by Crippen LogP contribution is -2.57. The van der Waals surface area contributed by atoms with E-state index in [0.29, 0.717) is 33.0 Å². The summed E-state index contributed by atoms with van der Waals surface area (Å²) in [6.07, 6.45) is 0.0125. The van der Waals surface area contributed by atoms with Crippen LogP contribution in [0.15, 0.2) is 66.7 Å². The lowest BCUT2D eigenvalue weighted by Gasteiger charge is -2.53. The number of aliphatic hydroxyl groups is 2. The van der Waals surface area contributed by atoms with E-state index < -0.39 is 23.1 Å². The summed E-state index contributed by atoms with van der Waals surface area (Å²) in [5.41, 5.74) is -0.0860. The van der Waals surface area contributed by atoms with Gasteiger partial charge in [-0.1, -0.05) is 60.1 Å². The SMILES string of the molecule is Cc1ccccc1OC(=O)C1CC2(O)c3ccccc3C1(O)c1ccc(Cl)cc12. The molecule has 3 aliphatic carbocycles. The number of hydrogen-bond acceptors (Lipinski definition) is 4. The average Bonchev–Trinajstić information content (AvgIpc) is 2.71. The van der Waals surface area contributed by atoms with Gasteiger partial charge in [-0.15, -0.1) is 0 Å². The van der Waals surface area contributed by atoms with Crippen molar-refractivity contribution in [2.75, 3.05) is 0 Å². The van der Waals surface area contributed by atoms with Crippen LogP contribution in [-0.2, 0) is 16.0 Å². The lowest BCUT2D eigenvalue weighted by atomic mass is 9.54. The van der Waals surface area contributed by atoms with Gasteiger partial charge in [0, 0.05) is 11.4 Å². The highest BCUT2D eigenvalue weighted by atomic mass is 35.5. The topological polar surface area (TPSA) is 66.8 Å². The van der Waals surface area contributed by atoms with Crippen molar-refractivity contribution in [3.05, 3.63) is 99.6 Å². The molecule has 3 aromatic rings. The molecule has 0 aliphatic heterocycles. The standard InChI is InChI=1S/C24H19ClO4/c1-14-6-2-5-9-21(14)29-22(26)20-13-23(27)16-7-3-4-8-17(16)24(20,28)18-11-10-15(25)12-19(18)23/h2-12,20,27-28H,13H2,1H3. The van der Waals surface area contributed by atoms with Gasteiger partial charge >= 0.3 is 5.97 Å². The molecule has 3 aromatic carbocycles. The summed E-state index contributed by atoms with van der Waals surface area (Å²) in [6.45, 7) is 1.85. The molecule has 3 unspecified atom stereocenters. The van der Waals surface area contributed by atoms with Crippen LogP contribution in [0.5, 0.6) is 5.75 Å². The average molecular weight is 407 g/mol. The highest BCUT2D eigenvalue weighted by Gasteiger charge is 2.62. The van der Waals surface area contributed by atoms with Crippen LogP contribution in [0.2, 0.25) is 5.02 Å². The predicted octanol–water partition coefficient (Wildman–Crippen LogP) is 4.06. The van der Waals surface area contributed by atoms with Gasteiger partial charge in [-0.3, -0.25) is 4.79 Å². The molecule has 3 atom stereocenters. The van der Waals surface area contributed by atoms with Gasteiger partial charge in [0.15, 0.2) is 0 Å². The number of para-hydroxylation sites is 1. The zero-order valence-corrected chi connectivity index (χ0v) is 16.5. The summed E-state index contributed by atoms with van der Waals surface area (Å²) < 4.78 is 5.67. The Balaban J connectivity index is 1.68. The molecule has 2 bridgehead atoms. The normalized spacial score (nSPS) is 26.6. The van der Waals surface area contributed by atoms with Crippen molar-refractivity contribution >= 4 is 17.6 Å². The molecule has 3 aliphatic rings. The number of esters is 1. The molecule has 0 aromatic heterocycles. The molecule has 0 heterocycles. The minimum absolute atomic E-state index is 0.0125. The second-order valence-corrected chi connectivity index (χ2v) is 8.24. The lowest BCUT2D eigenvalue weighted by molar-refractivity contribution is -0.157. The molecule has 0 saturated carbocycles. The Morgan fingerprint density at radius 1 is 0.966 bits per heavy atom. The number of benzene rings is 3. The minimum atomic E-state index is -1.61. The Bertz CT molecular complexity index is 1160. The number of aryl methyl sites for hydroxylation is 1. The third kappa shape index (κ3) is 2.43. The van der Waals surface area contributed by atoms with Gasteiger partial charge in [-0.25, -0.2) is 0 Å². The number of rotatable bonds is 2. The van der Waals surface area contributed by atoms with Crippen molar-refractivity contribution in [3.63, 3.8) is 0 Å². The zero-order valence-electron chi connectivity index (χ0n) is 15.7. The van der Waals surface area contributed by atoms with Crippen LogP contribution in [0.25, 0.3) is 0 Å². The maximum absolute atomic E-state index is 13.2. The molecule has 2 N–H and O–H groups in total. The Labute approximate surface area is 173 Å². The molecular weight excluding hydrogens is 388 g/mol. The van der Waals surface area contributed by atoms with E-state index in [1.165, 1.54) is 0 Å². The highest BCUT2D eigenvalue weighted by Crippen LogP contribution is 2.60. The van der Waals surface area contributed by atoms with Crippen LogP contribution >= 0.6 is 11.6 Å². The second-order valence-electron chi connectivity index (χ2n) is 7.81. The highest BCUT2D eigenvalue weighted by molar-refractivity contribution is 6.30. The fourth-order valence-corrected chi connectivity index (χ4v) is 4.97. The third-order valence-electron chi connectivity index (χ3n) is 6.21. The molecule has 5 heteroatoms. The van der Waals surface area contributed by atoms with Gasteiger partial charge in [0.25, 0.3) is 0 Å². The monoisotopic (exact) mass is 406 g/mol. The van der Waals surface area contributed by atoms with Crippen molar-refractivity contribution in [3.8, 4) is 5.75 Å². The van der Waals surface area contributed by atoms with E-state index in [1.807, 2.05) is 25.1 Å². The molecule has 4 nitrogen and oxygen atoms in total. The Morgan fingerprint density at radius 3 is 2.38 bits per heavy atom. The van der Waals surface area contributed by atoms with Gasteiger partial charge in [0.2, 0.25) is 0 Å². The summed E-state index contributed by atoms with van der Waals surface area (Å²) in [6, 6.07) is 19.4. The Morgan fingerprint density at radius 2 is 1.62 bits per heavy atom. The molecular formula is C24H19ClO4. The van der Waals surface area contributed by atoms with Crippen molar-refractivity contribution in [2.24, 2.45) is 5.92 Å². The molecule has 0 spiro atoms. The Kier molecular flexibility index (Phi) is 3.91. The second kappa shape index (κ2) is 6.17. The summed E-state index contributed by atoms with van der Waals surface area (Å²) in [7, 11) is 0.